The Kier molecular flexibility index (Phi) is 3.24. The van der Waals surface area contributed by atoms with Crippen molar-refractivity contribution in [3.05, 3.63) is 47.0 Å². The Morgan fingerprint density at radius 2 is 2.32 bits per heavy atom. The summed E-state index contributed by atoms with van der Waals surface area (Å²) in [6.45, 7) is 0.642. The van der Waals surface area contributed by atoms with Crippen LogP contribution < -0.4 is 0 Å². The number of benzene rings is 1. The van der Waals surface area contributed by atoms with Gasteiger partial charge in [0.1, 0.15) is 24.9 Å². The van der Waals surface area contributed by atoms with E-state index < -0.39 is 12.3 Å². The molecular formula is C13H13ClFN3O. The molecule has 1 aromatic carbocycles. The maximum absolute atomic E-state index is 13.2. The maximum atomic E-state index is 13.2. The second kappa shape index (κ2) is 4.90. The van der Waals surface area contributed by atoms with Gasteiger partial charge in [-0.1, -0.05) is 17.7 Å². The van der Waals surface area contributed by atoms with Crippen molar-refractivity contribution in [3.8, 4) is 0 Å². The Bertz CT molecular complexity index is 569. The Balaban J connectivity index is 1.97. The molecule has 1 fully saturated rings. The Morgan fingerprint density at radius 3 is 2.89 bits per heavy atom. The van der Waals surface area contributed by atoms with E-state index in [-0.39, 0.29) is 0 Å². The summed E-state index contributed by atoms with van der Waals surface area (Å²) in [7, 11) is 0. The lowest BCUT2D eigenvalue weighted by molar-refractivity contribution is -0.165. The quantitative estimate of drug-likeness (QED) is 0.865. The van der Waals surface area contributed by atoms with Crippen LogP contribution in [0.2, 0.25) is 5.02 Å². The standard InChI is InChI=1S/C13H13ClFN3O/c14-11-1-2-12(10(5-11)6-15)13(3-4-19-13)7-18-9-16-8-17-18/h1-2,5,8-9H,3-4,6-7H2. The first-order valence-electron chi connectivity index (χ1n) is 6.05. The molecule has 1 saturated heterocycles. The van der Waals surface area contributed by atoms with E-state index in [1.807, 2.05) is 6.07 Å². The molecule has 0 amide bonds. The third-order valence-electron chi connectivity index (χ3n) is 3.47. The first kappa shape index (κ1) is 12.6. The molecule has 0 aliphatic carbocycles. The summed E-state index contributed by atoms with van der Waals surface area (Å²) in [5.41, 5.74) is 0.910. The predicted molar refractivity (Wildman–Crippen MR) is 68.5 cm³/mol. The molecule has 0 bridgehead atoms. The van der Waals surface area contributed by atoms with Gasteiger partial charge in [0, 0.05) is 11.4 Å². The third-order valence-corrected chi connectivity index (χ3v) is 3.71. The summed E-state index contributed by atoms with van der Waals surface area (Å²) in [4.78, 5) is 3.92. The molecule has 0 saturated carbocycles. The van der Waals surface area contributed by atoms with E-state index in [4.69, 9.17) is 16.3 Å². The van der Waals surface area contributed by atoms with Crippen LogP contribution in [0.1, 0.15) is 17.5 Å². The highest BCUT2D eigenvalue weighted by molar-refractivity contribution is 6.30. The fraction of sp³-hybridized carbons (Fsp3) is 0.385. The molecule has 6 heteroatoms. The fourth-order valence-corrected chi connectivity index (χ4v) is 2.66. The minimum Gasteiger partial charge on any atom is -0.368 e. The molecule has 1 aromatic heterocycles. The number of ether oxygens (including phenoxy) is 1. The monoisotopic (exact) mass is 281 g/mol. The molecule has 0 spiro atoms. The summed E-state index contributed by atoms with van der Waals surface area (Å²) in [6, 6.07) is 5.26. The van der Waals surface area contributed by atoms with Gasteiger partial charge < -0.3 is 4.74 Å². The Morgan fingerprint density at radius 1 is 1.47 bits per heavy atom. The first-order chi connectivity index (χ1) is 9.23. The average Bonchev–Trinajstić information content (AvgIpc) is 2.87. The fourth-order valence-electron chi connectivity index (χ4n) is 2.46. The summed E-state index contributed by atoms with van der Waals surface area (Å²) >= 11 is 5.91. The van der Waals surface area contributed by atoms with Crippen LogP contribution in [-0.4, -0.2) is 21.4 Å². The van der Waals surface area contributed by atoms with E-state index in [0.29, 0.717) is 23.7 Å². The van der Waals surface area contributed by atoms with E-state index >= 15 is 0 Å². The van der Waals surface area contributed by atoms with Crippen LogP contribution in [0.25, 0.3) is 0 Å². The molecule has 3 rings (SSSR count). The lowest BCUT2D eigenvalue weighted by atomic mass is 9.83. The summed E-state index contributed by atoms with van der Waals surface area (Å²) < 4.78 is 20.7. The van der Waals surface area contributed by atoms with Gasteiger partial charge in [-0.15, -0.1) is 0 Å². The van der Waals surface area contributed by atoms with Gasteiger partial charge in [0.15, 0.2) is 0 Å². The van der Waals surface area contributed by atoms with Crippen molar-refractivity contribution in [2.45, 2.75) is 25.2 Å². The van der Waals surface area contributed by atoms with Crippen molar-refractivity contribution in [3.63, 3.8) is 0 Å². The van der Waals surface area contributed by atoms with Crippen LogP contribution in [0.4, 0.5) is 4.39 Å². The number of aromatic nitrogens is 3. The van der Waals surface area contributed by atoms with Crippen molar-refractivity contribution in [1.29, 1.82) is 0 Å². The zero-order valence-corrected chi connectivity index (χ0v) is 11.0. The highest BCUT2D eigenvalue weighted by Gasteiger charge is 2.42. The summed E-state index contributed by atoms with van der Waals surface area (Å²) in [6.07, 6.45) is 3.94. The molecule has 2 aromatic rings. The lowest BCUT2D eigenvalue weighted by Crippen LogP contribution is -2.45. The minimum atomic E-state index is -0.557. The van der Waals surface area contributed by atoms with Crippen molar-refractivity contribution >= 4 is 11.6 Å². The average molecular weight is 282 g/mol. The molecule has 1 atom stereocenters. The van der Waals surface area contributed by atoms with Crippen molar-refractivity contribution in [2.75, 3.05) is 6.61 Å². The van der Waals surface area contributed by atoms with E-state index in [0.717, 1.165) is 12.0 Å². The number of hydrogen-bond acceptors (Lipinski definition) is 3. The Hall–Kier alpha value is -1.46. The molecule has 2 heterocycles. The lowest BCUT2D eigenvalue weighted by Gasteiger charge is -2.43. The molecule has 1 aliphatic rings. The largest absolute Gasteiger partial charge is 0.368 e. The SMILES string of the molecule is FCc1cc(Cl)ccc1C1(Cn2cncn2)CCO1. The van der Waals surface area contributed by atoms with Crippen LogP contribution in [0.5, 0.6) is 0 Å². The summed E-state index contributed by atoms with van der Waals surface area (Å²) in [5, 5.41) is 4.62. The minimum absolute atomic E-state index is 0.514. The predicted octanol–water partition coefficient (Wildman–Crippen LogP) is 2.72. The number of halogens is 2. The number of alkyl halides is 1. The normalized spacial score (nSPS) is 22.2. The number of nitrogens with zero attached hydrogens (tertiary/aromatic N) is 3. The molecular weight excluding hydrogens is 269 g/mol. The van der Waals surface area contributed by atoms with Crippen molar-refractivity contribution in [1.82, 2.24) is 14.8 Å². The highest BCUT2D eigenvalue weighted by Crippen LogP contribution is 2.41. The maximum Gasteiger partial charge on any atom is 0.137 e. The molecule has 19 heavy (non-hydrogen) atoms. The van der Waals surface area contributed by atoms with Crippen LogP contribution in [0.15, 0.2) is 30.9 Å². The second-order valence-electron chi connectivity index (χ2n) is 4.62. The molecule has 1 aliphatic heterocycles. The smallest absolute Gasteiger partial charge is 0.137 e. The van der Waals surface area contributed by atoms with E-state index in [9.17, 15) is 4.39 Å². The zero-order valence-electron chi connectivity index (χ0n) is 10.2. The third kappa shape index (κ3) is 2.24. The van der Waals surface area contributed by atoms with Gasteiger partial charge in [0.05, 0.1) is 13.2 Å². The summed E-state index contributed by atoms with van der Waals surface area (Å²) in [5.74, 6) is 0. The van der Waals surface area contributed by atoms with Gasteiger partial charge in [0.25, 0.3) is 0 Å². The Labute approximate surface area is 115 Å². The molecule has 0 N–H and O–H groups in total. The second-order valence-corrected chi connectivity index (χ2v) is 5.06. The van der Waals surface area contributed by atoms with Crippen LogP contribution >= 0.6 is 11.6 Å². The van der Waals surface area contributed by atoms with Gasteiger partial charge in [-0.25, -0.2) is 14.1 Å². The van der Waals surface area contributed by atoms with Crippen LogP contribution in [0, 0.1) is 0 Å². The van der Waals surface area contributed by atoms with Gasteiger partial charge >= 0.3 is 0 Å². The van der Waals surface area contributed by atoms with Gasteiger partial charge in [-0.05, 0) is 23.3 Å². The van der Waals surface area contributed by atoms with Crippen molar-refractivity contribution < 1.29 is 9.13 Å². The van der Waals surface area contributed by atoms with Crippen LogP contribution in [0.3, 0.4) is 0 Å². The van der Waals surface area contributed by atoms with E-state index in [1.54, 1.807) is 23.1 Å². The van der Waals surface area contributed by atoms with E-state index in [2.05, 4.69) is 10.1 Å². The molecule has 100 valence electrons. The topological polar surface area (TPSA) is 39.9 Å². The van der Waals surface area contributed by atoms with Gasteiger partial charge in [0.2, 0.25) is 0 Å². The highest BCUT2D eigenvalue weighted by atomic mass is 35.5. The van der Waals surface area contributed by atoms with Gasteiger partial charge in [-0.3, -0.25) is 0 Å². The molecule has 1 unspecified atom stereocenters. The number of rotatable bonds is 4. The zero-order chi connectivity index (χ0) is 13.3. The van der Waals surface area contributed by atoms with Crippen LogP contribution in [-0.2, 0) is 23.6 Å². The molecule has 4 nitrogen and oxygen atoms in total. The molecule has 0 radical (unpaired) electrons. The first-order valence-corrected chi connectivity index (χ1v) is 6.42. The van der Waals surface area contributed by atoms with Gasteiger partial charge in [-0.2, -0.15) is 5.10 Å². The van der Waals surface area contributed by atoms with E-state index in [1.165, 1.54) is 6.33 Å². The number of hydrogen-bond donors (Lipinski definition) is 0. The van der Waals surface area contributed by atoms with Crippen molar-refractivity contribution in [2.24, 2.45) is 0 Å².